The molecular weight excluding hydrogens is 428 g/mol. The predicted molar refractivity (Wildman–Crippen MR) is 119 cm³/mol. The van der Waals surface area contributed by atoms with E-state index >= 15 is 0 Å². The van der Waals surface area contributed by atoms with Crippen molar-refractivity contribution >= 4 is 17.5 Å². The maximum atomic E-state index is 14.0. The first-order valence-electron chi connectivity index (χ1n) is 11.2. The van der Waals surface area contributed by atoms with Crippen LogP contribution in [0, 0.1) is 23.5 Å². The zero-order chi connectivity index (χ0) is 22.9. The standard InChI is InChI=1S/C24H25F2N5O2/c1-15(32)31-12-9-20-21(14-31)28-23(27-17-3-2-4-17)24(29-20)30-10-7-18(8-11-30)33-22-6-5-16(25)13-19(22)26/h5-6,13,17-18H,3,7-12,14H2,1H3,(H,27,28)/t17-/m1/s1. The number of hydrogen-bond donors (Lipinski definition) is 1. The van der Waals surface area contributed by atoms with Crippen molar-refractivity contribution in [3.8, 4) is 17.6 Å². The quantitative estimate of drug-likeness (QED) is 0.703. The van der Waals surface area contributed by atoms with Gasteiger partial charge in [0.05, 0.1) is 17.9 Å². The number of amides is 1. The molecule has 2 aromatic rings. The van der Waals surface area contributed by atoms with Crippen LogP contribution in [0.3, 0.4) is 0 Å². The van der Waals surface area contributed by atoms with Crippen LogP contribution in [0.5, 0.6) is 5.75 Å². The van der Waals surface area contributed by atoms with Crippen molar-refractivity contribution in [1.82, 2.24) is 14.9 Å². The molecule has 1 fully saturated rings. The van der Waals surface area contributed by atoms with Crippen molar-refractivity contribution in [1.29, 1.82) is 0 Å². The number of anilines is 2. The van der Waals surface area contributed by atoms with Crippen molar-refractivity contribution in [3.63, 3.8) is 0 Å². The monoisotopic (exact) mass is 453 g/mol. The number of piperidine rings is 1. The second-order valence-electron chi connectivity index (χ2n) is 8.58. The van der Waals surface area contributed by atoms with Gasteiger partial charge in [-0.2, -0.15) is 0 Å². The number of ether oxygens (including phenoxy) is 1. The number of fused-ring (bicyclic) bond motifs is 1. The van der Waals surface area contributed by atoms with Gasteiger partial charge in [-0.05, 0) is 12.1 Å². The lowest BCUT2D eigenvalue weighted by atomic mass is 10.1. The first kappa shape index (κ1) is 21.4. The van der Waals surface area contributed by atoms with Crippen LogP contribution in [0.2, 0.25) is 0 Å². The van der Waals surface area contributed by atoms with Gasteiger partial charge < -0.3 is 19.9 Å². The Balaban J connectivity index is 1.32. The molecular formula is C24H25F2N5O2. The minimum atomic E-state index is -0.689. The van der Waals surface area contributed by atoms with Gasteiger partial charge in [0.15, 0.2) is 23.2 Å². The number of nitrogens with zero attached hydrogens (tertiary/aromatic N) is 4. The van der Waals surface area contributed by atoms with Gasteiger partial charge in [-0.15, -0.1) is 0 Å². The fourth-order valence-electron chi connectivity index (χ4n) is 4.30. The molecule has 1 N–H and O–H groups in total. The lowest BCUT2D eigenvalue weighted by molar-refractivity contribution is -0.129. The minimum absolute atomic E-state index is 0.0329. The Kier molecular flexibility index (Phi) is 5.75. The smallest absolute Gasteiger partial charge is 0.219 e. The molecule has 1 aromatic heterocycles. The molecule has 0 saturated carbocycles. The Morgan fingerprint density at radius 1 is 1.18 bits per heavy atom. The van der Waals surface area contributed by atoms with Crippen molar-refractivity contribution in [2.24, 2.45) is 0 Å². The van der Waals surface area contributed by atoms with Crippen LogP contribution in [0.1, 0.15) is 37.6 Å². The van der Waals surface area contributed by atoms with Gasteiger partial charge in [0.2, 0.25) is 5.91 Å². The molecule has 5 rings (SSSR count). The number of nitrogens with one attached hydrogen (secondary N) is 1. The number of halogens is 2. The summed E-state index contributed by atoms with van der Waals surface area (Å²) in [5.41, 5.74) is 1.74. The molecule has 7 nitrogen and oxygen atoms in total. The minimum Gasteiger partial charge on any atom is -0.487 e. The number of rotatable bonds is 5. The van der Waals surface area contributed by atoms with Gasteiger partial charge in [0, 0.05) is 58.3 Å². The molecule has 0 unspecified atom stereocenters. The van der Waals surface area contributed by atoms with Gasteiger partial charge in [-0.3, -0.25) is 4.79 Å². The lowest BCUT2D eigenvalue weighted by Crippen LogP contribution is -2.41. The summed E-state index contributed by atoms with van der Waals surface area (Å²) < 4.78 is 32.9. The van der Waals surface area contributed by atoms with E-state index in [2.05, 4.69) is 22.1 Å². The van der Waals surface area contributed by atoms with Crippen LogP contribution < -0.4 is 15.0 Å². The molecule has 1 atom stereocenters. The van der Waals surface area contributed by atoms with E-state index in [0.29, 0.717) is 51.3 Å². The van der Waals surface area contributed by atoms with E-state index < -0.39 is 11.6 Å². The maximum absolute atomic E-state index is 14.0. The van der Waals surface area contributed by atoms with Crippen LogP contribution in [0.25, 0.3) is 0 Å². The fraction of sp³-hybridized carbons (Fsp3) is 0.458. The van der Waals surface area contributed by atoms with E-state index in [1.165, 1.54) is 12.1 Å². The van der Waals surface area contributed by atoms with Gasteiger partial charge in [0.1, 0.15) is 18.0 Å². The van der Waals surface area contributed by atoms with Gasteiger partial charge in [-0.1, -0.05) is 11.8 Å². The Morgan fingerprint density at radius 3 is 2.64 bits per heavy atom. The number of hydrogen-bond acceptors (Lipinski definition) is 6. The van der Waals surface area contributed by atoms with E-state index in [-0.39, 0.29) is 23.8 Å². The average molecular weight is 453 g/mol. The summed E-state index contributed by atoms with van der Waals surface area (Å²) in [6.07, 6.45) is 2.62. The Morgan fingerprint density at radius 2 is 1.97 bits per heavy atom. The second-order valence-corrected chi connectivity index (χ2v) is 8.58. The van der Waals surface area contributed by atoms with Crippen LogP contribution in [0.15, 0.2) is 18.2 Å². The number of carbonyl (C=O) groups excluding carboxylic acids is 1. The lowest BCUT2D eigenvalue weighted by Gasteiger charge is -2.35. The third-order valence-electron chi connectivity index (χ3n) is 6.26. The Labute approximate surface area is 191 Å². The number of benzene rings is 1. The van der Waals surface area contributed by atoms with Crippen LogP contribution >= 0.6 is 0 Å². The van der Waals surface area contributed by atoms with Crippen molar-refractivity contribution in [2.75, 3.05) is 29.9 Å². The summed E-state index contributed by atoms with van der Waals surface area (Å²) in [4.78, 5) is 25.6. The topological polar surface area (TPSA) is 70.6 Å². The Bertz CT molecular complexity index is 1140. The highest BCUT2D eigenvalue weighted by Gasteiger charge is 2.29. The third kappa shape index (κ3) is 4.56. The molecule has 9 heteroatoms. The van der Waals surface area contributed by atoms with Gasteiger partial charge in [0.25, 0.3) is 0 Å². The normalized spacial score (nSPS) is 19.8. The summed E-state index contributed by atoms with van der Waals surface area (Å²) in [5.74, 6) is 6.34. The van der Waals surface area contributed by atoms with Gasteiger partial charge >= 0.3 is 0 Å². The van der Waals surface area contributed by atoms with E-state index in [1.807, 2.05) is 0 Å². The summed E-state index contributed by atoms with van der Waals surface area (Å²) in [7, 11) is 0. The zero-order valence-electron chi connectivity index (χ0n) is 18.4. The zero-order valence-corrected chi connectivity index (χ0v) is 18.4. The molecule has 1 amide bonds. The SMILES string of the molecule is CC(=O)N1CCc2nc(N3CCC(Oc4ccc(F)cc4F)CC3)c(N[C@H]3C#CC3)nc2C1. The number of carbonyl (C=O) groups is 1. The Hall–Kier alpha value is -3.41. The molecule has 3 heterocycles. The van der Waals surface area contributed by atoms with Crippen molar-refractivity contribution < 1.29 is 18.3 Å². The fourth-order valence-corrected chi connectivity index (χ4v) is 4.30. The van der Waals surface area contributed by atoms with Crippen molar-refractivity contribution in [2.45, 2.75) is 51.3 Å². The molecule has 0 radical (unpaired) electrons. The highest BCUT2D eigenvalue weighted by Crippen LogP contribution is 2.31. The molecule has 1 aliphatic carbocycles. The van der Waals surface area contributed by atoms with Crippen LogP contribution in [0.4, 0.5) is 20.4 Å². The first-order chi connectivity index (χ1) is 16.0. The molecule has 0 bridgehead atoms. The molecule has 1 aromatic carbocycles. The summed E-state index contributed by atoms with van der Waals surface area (Å²) in [5, 5.41) is 3.39. The molecule has 3 aliphatic rings. The van der Waals surface area contributed by atoms with E-state index in [0.717, 1.165) is 29.7 Å². The average Bonchev–Trinajstić information content (AvgIpc) is 2.77. The maximum Gasteiger partial charge on any atom is 0.219 e. The van der Waals surface area contributed by atoms with Crippen molar-refractivity contribution in [3.05, 3.63) is 41.2 Å². The summed E-state index contributed by atoms with van der Waals surface area (Å²) >= 11 is 0. The second kappa shape index (κ2) is 8.85. The largest absolute Gasteiger partial charge is 0.487 e. The molecule has 33 heavy (non-hydrogen) atoms. The van der Waals surface area contributed by atoms with E-state index in [1.54, 1.807) is 11.8 Å². The molecule has 1 saturated heterocycles. The van der Waals surface area contributed by atoms with Crippen LogP contribution in [-0.4, -0.2) is 52.6 Å². The summed E-state index contributed by atoms with van der Waals surface area (Å²) in [6.45, 7) is 4.01. The third-order valence-corrected chi connectivity index (χ3v) is 6.26. The predicted octanol–water partition coefficient (Wildman–Crippen LogP) is 2.89. The first-order valence-corrected chi connectivity index (χ1v) is 11.2. The molecule has 172 valence electrons. The van der Waals surface area contributed by atoms with E-state index in [9.17, 15) is 13.6 Å². The van der Waals surface area contributed by atoms with Gasteiger partial charge in [-0.25, -0.2) is 18.7 Å². The summed E-state index contributed by atoms with van der Waals surface area (Å²) in [6, 6.07) is 3.41. The van der Waals surface area contributed by atoms with Crippen LogP contribution in [-0.2, 0) is 17.8 Å². The number of aromatic nitrogens is 2. The van der Waals surface area contributed by atoms with E-state index in [4.69, 9.17) is 14.7 Å². The molecule has 0 spiro atoms. The molecule has 2 aliphatic heterocycles. The highest BCUT2D eigenvalue weighted by atomic mass is 19.1. The highest BCUT2D eigenvalue weighted by molar-refractivity contribution is 5.73.